The van der Waals surface area contributed by atoms with Crippen LogP contribution in [-0.2, 0) is 5.41 Å². The lowest BCUT2D eigenvalue weighted by atomic mass is 9.67. The van der Waals surface area contributed by atoms with Gasteiger partial charge in [-0.15, -0.1) is 0 Å². The van der Waals surface area contributed by atoms with Gasteiger partial charge in [-0.05, 0) is 115 Å². The van der Waals surface area contributed by atoms with Crippen LogP contribution in [0.5, 0.6) is 0 Å². The number of para-hydroxylation sites is 2. The lowest BCUT2D eigenvalue weighted by Crippen LogP contribution is -2.28. The molecular weight excluding hydrogens is 785 g/mol. The van der Waals surface area contributed by atoms with Crippen molar-refractivity contribution in [2.75, 3.05) is 4.90 Å². The van der Waals surface area contributed by atoms with Gasteiger partial charge in [0.25, 0.3) is 0 Å². The summed E-state index contributed by atoms with van der Waals surface area (Å²) < 4.78 is 2.38. The highest BCUT2D eigenvalue weighted by Gasteiger charge is 2.46. The summed E-state index contributed by atoms with van der Waals surface area (Å²) in [7, 11) is 0. The summed E-state index contributed by atoms with van der Waals surface area (Å²) in [4.78, 5) is 2.47. The first-order valence-corrected chi connectivity index (χ1v) is 22.5. The molecule has 12 aromatic rings. The Morgan fingerprint density at radius 2 is 0.831 bits per heavy atom. The van der Waals surface area contributed by atoms with E-state index < -0.39 is 5.41 Å². The van der Waals surface area contributed by atoms with Gasteiger partial charge in [-0.1, -0.05) is 200 Å². The Morgan fingerprint density at radius 1 is 0.323 bits per heavy atom. The first kappa shape index (κ1) is 37.1. The van der Waals surface area contributed by atoms with E-state index in [-0.39, 0.29) is 0 Å². The van der Waals surface area contributed by atoms with Crippen LogP contribution < -0.4 is 4.90 Å². The van der Waals surface area contributed by atoms with Gasteiger partial charge in [-0.2, -0.15) is 0 Å². The van der Waals surface area contributed by atoms with Crippen LogP contribution in [0.2, 0.25) is 0 Å². The summed E-state index contributed by atoms with van der Waals surface area (Å²) >= 11 is 0. The molecule has 13 rings (SSSR count). The normalized spacial score (nSPS) is 12.7. The van der Waals surface area contributed by atoms with Crippen LogP contribution in [0.4, 0.5) is 17.1 Å². The molecule has 0 N–H and O–H groups in total. The zero-order chi connectivity index (χ0) is 42.9. The molecule has 0 radical (unpaired) electrons. The quantitative estimate of drug-likeness (QED) is 0.145. The second-order valence-electron chi connectivity index (χ2n) is 17.2. The summed E-state index contributed by atoms with van der Waals surface area (Å²) in [5.41, 5.74) is 16.4. The molecule has 0 bridgehead atoms. The number of rotatable bonds is 7. The van der Waals surface area contributed by atoms with Gasteiger partial charge in [0.05, 0.1) is 22.1 Å². The van der Waals surface area contributed by atoms with E-state index in [2.05, 4.69) is 264 Å². The molecule has 0 amide bonds. The summed E-state index contributed by atoms with van der Waals surface area (Å²) in [6.07, 6.45) is 0. The maximum Gasteiger partial charge on any atom is 0.0714 e. The molecule has 1 aliphatic carbocycles. The number of hydrogen-bond donors (Lipinski definition) is 0. The van der Waals surface area contributed by atoms with Crippen molar-refractivity contribution in [2.24, 2.45) is 0 Å². The van der Waals surface area contributed by atoms with Crippen molar-refractivity contribution in [1.82, 2.24) is 4.57 Å². The molecule has 11 aromatic carbocycles. The lowest BCUT2D eigenvalue weighted by molar-refractivity contribution is 0.768. The Balaban J connectivity index is 0.979. The molecule has 65 heavy (non-hydrogen) atoms. The van der Waals surface area contributed by atoms with Gasteiger partial charge >= 0.3 is 0 Å². The maximum absolute atomic E-state index is 2.47. The molecule has 0 saturated heterocycles. The fourth-order valence-corrected chi connectivity index (χ4v) is 11.0. The third-order valence-corrected chi connectivity index (χ3v) is 13.8. The Bertz CT molecular complexity index is 3670. The number of benzene rings is 11. The molecule has 0 atom stereocenters. The second-order valence-corrected chi connectivity index (χ2v) is 17.2. The van der Waals surface area contributed by atoms with Crippen LogP contribution in [0.25, 0.3) is 71.3 Å². The molecule has 304 valence electrons. The fraction of sp³-hybridized carbons (Fsp3) is 0.0159. The number of fused-ring (bicyclic) bond motifs is 9. The maximum atomic E-state index is 2.47. The highest BCUT2D eigenvalue weighted by Crippen LogP contribution is 2.57. The smallest absolute Gasteiger partial charge is 0.0714 e. The Kier molecular flexibility index (Phi) is 8.47. The second kappa shape index (κ2) is 14.8. The number of nitrogens with zero attached hydrogens (tertiary/aromatic N) is 2. The molecule has 0 unspecified atom stereocenters. The first-order valence-electron chi connectivity index (χ1n) is 22.5. The number of hydrogen-bond acceptors (Lipinski definition) is 1. The van der Waals surface area contributed by atoms with Gasteiger partial charge in [-0.3, -0.25) is 0 Å². The van der Waals surface area contributed by atoms with Crippen LogP contribution in [0.1, 0.15) is 22.3 Å². The zero-order valence-corrected chi connectivity index (χ0v) is 35.6. The molecule has 1 aromatic heterocycles. The molecule has 0 aliphatic heterocycles. The van der Waals surface area contributed by atoms with E-state index in [9.17, 15) is 0 Å². The summed E-state index contributed by atoms with van der Waals surface area (Å²) in [6, 6.07) is 93.9. The van der Waals surface area contributed by atoms with Crippen LogP contribution in [-0.4, -0.2) is 4.57 Å². The minimum absolute atomic E-state index is 0.517. The third-order valence-electron chi connectivity index (χ3n) is 13.8. The van der Waals surface area contributed by atoms with Crippen LogP contribution >= 0.6 is 0 Å². The largest absolute Gasteiger partial charge is 0.310 e. The Hall–Kier alpha value is -8.46. The van der Waals surface area contributed by atoms with E-state index in [0.717, 1.165) is 22.7 Å². The van der Waals surface area contributed by atoms with Crippen molar-refractivity contribution in [3.05, 3.63) is 277 Å². The molecule has 1 heterocycles. The molecule has 0 saturated carbocycles. The van der Waals surface area contributed by atoms with Gasteiger partial charge in [-0.25, -0.2) is 0 Å². The lowest BCUT2D eigenvalue weighted by Gasteiger charge is -2.35. The van der Waals surface area contributed by atoms with E-state index in [1.165, 1.54) is 87.9 Å². The fourth-order valence-electron chi connectivity index (χ4n) is 11.0. The average Bonchev–Trinajstić information content (AvgIpc) is 3.88. The van der Waals surface area contributed by atoms with Crippen molar-refractivity contribution in [3.63, 3.8) is 0 Å². The molecule has 0 spiro atoms. The third kappa shape index (κ3) is 5.67. The predicted octanol–water partition coefficient (Wildman–Crippen LogP) is 16.6. The van der Waals surface area contributed by atoms with Crippen molar-refractivity contribution in [1.29, 1.82) is 0 Å². The predicted molar refractivity (Wildman–Crippen MR) is 273 cm³/mol. The van der Waals surface area contributed by atoms with Gasteiger partial charge in [0, 0.05) is 33.2 Å². The average molecular weight is 827 g/mol. The minimum atomic E-state index is -0.517. The van der Waals surface area contributed by atoms with E-state index in [1.54, 1.807) is 0 Å². The molecule has 1 aliphatic rings. The van der Waals surface area contributed by atoms with Crippen molar-refractivity contribution >= 4 is 60.4 Å². The number of anilines is 3. The molecule has 2 nitrogen and oxygen atoms in total. The van der Waals surface area contributed by atoms with Gasteiger partial charge in [0.2, 0.25) is 0 Å². The van der Waals surface area contributed by atoms with Crippen LogP contribution in [0.15, 0.2) is 255 Å². The molecular formula is C63H42N2. The SMILES string of the molecule is c1ccc(C2(c3cccc(N(c4ccc(-c5ccc(-n6c7ccccc7c7ccccc76)cc5)cc4)c4cc5ccccc5c5ccccc45)c3)c3ccccc3-c3ccccc32)cc1. The van der Waals surface area contributed by atoms with E-state index in [1.807, 2.05) is 0 Å². The van der Waals surface area contributed by atoms with Gasteiger partial charge in [0.15, 0.2) is 0 Å². The molecule has 2 heteroatoms. The standard InChI is InChI=1S/C63H42N2/c1-2-18-46(19-3-1)63(58-29-12-8-24-53(58)54-25-9-13-30-59(54)63)47-20-16-21-50(42-47)64(62-41-45-17-4-5-22-51(45)52-23-6-7-26-55(52)62)48-37-33-43(34-38-48)44-35-39-49(40-36-44)65-60-31-14-10-27-56(60)57-28-11-15-32-61(57)65/h1-42H. The summed E-state index contributed by atoms with van der Waals surface area (Å²) in [5, 5.41) is 7.44. The van der Waals surface area contributed by atoms with E-state index >= 15 is 0 Å². The van der Waals surface area contributed by atoms with E-state index in [0.29, 0.717) is 0 Å². The van der Waals surface area contributed by atoms with Crippen LogP contribution in [0, 0.1) is 0 Å². The first-order chi connectivity index (χ1) is 32.3. The Labute approximate surface area is 378 Å². The summed E-state index contributed by atoms with van der Waals surface area (Å²) in [5.74, 6) is 0. The zero-order valence-electron chi connectivity index (χ0n) is 35.6. The van der Waals surface area contributed by atoms with Crippen molar-refractivity contribution in [3.8, 4) is 27.9 Å². The van der Waals surface area contributed by atoms with Crippen molar-refractivity contribution in [2.45, 2.75) is 5.41 Å². The molecule has 0 fully saturated rings. The number of aromatic nitrogens is 1. The van der Waals surface area contributed by atoms with Crippen molar-refractivity contribution < 1.29 is 0 Å². The topological polar surface area (TPSA) is 8.17 Å². The highest BCUT2D eigenvalue weighted by molar-refractivity contribution is 6.15. The van der Waals surface area contributed by atoms with Gasteiger partial charge < -0.3 is 9.47 Å². The monoisotopic (exact) mass is 826 g/mol. The summed E-state index contributed by atoms with van der Waals surface area (Å²) in [6.45, 7) is 0. The van der Waals surface area contributed by atoms with Gasteiger partial charge in [0.1, 0.15) is 0 Å². The van der Waals surface area contributed by atoms with Crippen LogP contribution in [0.3, 0.4) is 0 Å². The van der Waals surface area contributed by atoms with E-state index in [4.69, 9.17) is 0 Å². The highest BCUT2D eigenvalue weighted by atomic mass is 15.1. The minimum Gasteiger partial charge on any atom is -0.310 e. The Morgan fingerprint density at radius 3 is 1.49 bits per heavy atom.